The largest absolute Gasteiger partial charge is 0.493 e. The van der Waals surface area contributed by atoms with Gasteiger partial charge in [0.1, 0.15) is 0 Å². The number of sulfonamides is 1. The first kappa shape index (κ1) is 23.3. The molecule has 2 atom stereocenters. The molecule has 2 fully saturated rings. The van der Waals surface area contributed by atoms with E-state index in [1.54, 1.807) is 24.3 Å². The Bertz CT molecular complexity index is 1120. The summed E-state index contributed by atoms with van der Waals surface area (Å²) in [6, 6.07) is 12.6. The van der Waals surface area contributed by atoms with Crippen LogP contribution in [0.3, 0.4) is 0 Å². The molecular formula is C22H26FN3O6S. The van der Waals surface area contributed by atoms with Gasteiger partial charge in [-0.2, -0.15) is 4.31 Å². The van der Waals surface area contributed by atoms with Crippen LogP contribution in [0.25, 0.3) is 0 Å². The van der Waals surface area contributed by atoms with Gasteiger partial charge in [-0.3, -0.25) is 0 Å². The van der Waals surface area contributed by atoms with Gasteiger partial charge in [-0.1, -0.05) is 18.2 Å². The summed E-state index contributed by atoms with van der Waals surface area (Å²) in [4.78, 5) is 13.9. The lowest BCUT2D eigenvalue weighted by Crippen LogP contribution is -2.63. The smallest absolute Gasteiger partial charge is 0.321 e. The lowest BCUT2D eigenvalue weighted by Gasteiger charge is -2.44. The van der Waals surface area contributed by atoms with Crippen molar-refractivity contribution < 1.29 is 31.8 Å². The second-order valence-corrected chi connectivity index (χ2v) is 9.61. The van der Waals surface area contributed by atoms with Crippen LogP contribution in [0.2, 0.25) is 0 Å². The van der Waals surface area contributed by atoms with E-state index in [1.165, 1.54) is 37.3 Å². The van der Waals surface area contributed by atoms with E-state index in [0.29, 0.717) is 11.4 Å². The number of hydrogen-bond acceptors (Lipinski definition) is 6. The maximum atomic E-state index is 15.6. The highest BCUT2D eigenvalue weighted by Gasteiger charge is 2.57. The molecule has 9 nitrogen and oxygen atoms in total. The van der Waals surface area contributed by atoms with E-state index in [0.717, 1.165) is 4.31 Å². The molecule has 0 aliphatic carbocycles. The SMILES string of the molecule is COc1ccc(S(=O)(=O)N2CCO[C@]23CCN(C(=O)Nc2ccccc2)C[C@@H]3F)cc1OC. The number of rotatable bonds is 5. The number of carbonyl (C=O) groups is 1. The predicted octanol–water partition coefficient (Wildman–Crippen LogP) is 2.70. The first-order chi connectivity index (χ1) is 15.8. The Kier molecular flexibility index (Phi) is 6.46. The number of nitrogens with one attached hydrogen (secondary N) is 1. The van der Waals surface area contributed by atoms with Crippen molar-refractivity contribution in [2.45, 2.75) is 23.2 Å². The van der Waals surface area contributed by atoms with Crippen LogP contribution in [0.4, 0.5) is 14.9 Å². The van der Waals surface area contributed by atoms with Crippen molar-refractivity contribution in [3.8, 4) is 11.5 Å². The number of carbonyl (C=O) groups excluding carboxylic acids is 1. The average Bonchev–Trinajstić information content (AvgIpc) is 3.26. The van der Waals surface area contributed by atoms with Crippen LogP contribution < -0.4 is 14.8 Å². The molecule has 1 N–H and O–H groups in total. The van der Waals surface area contributed by atoms with Crippen molar-refractivity contribution in [3.05, 3.63) is 48.5 Å². The number of piperidine rings is 1. The molecule has 2 saturated heterocycles. The molecule has 0 bridgehead atoms. The van der Waals surface area contributed by atoms with Crippen LogP contribution >= 0.6 is 0 Å². The summed E-state index contributed by atoms with van der Waals surface area (Å²) < 4.78 is 59.7. The number of anilines is 1. The van der Waals surface area contributed by atoms with Gasteiger partial charge in [0.25, 0.3) is 0 Å². The molecule has 2 aliphatic rings. The van der Waals surface area contributed by atoms with Gasteiger partial charge in [-0.25, -0.2) is 17.6 Å². The molecular weight excluding hydrogens is 453 g/mol. The minimum atomic E-state index is -4.11. The van der Waals surface area contributed by atoms with E-state index < -0.39 is 28.0 Å². The van der Waals surface area contributed by atoms with E-state index in [2.05, 4.69) is 5.32 Å². The van der Waals surface area contributed by atoms with E-state index >= 15 is 4.39 Å². The number of urea groups is 1. The van der Waals surface area contributed by atoms with Gasteiger partial charge in [0.2, 0.25) is 10.0 Å². The van der Waals surface area contributed by atoms with Crippen LogP contribution in [0.15, 0.2) is 53.4 Å². The Balaban J connectivity index is 1.54. The second-order valence-electron chi connectivity index (χ2n) is 7.75. The summed E-state index contributed by atoms with van der Waals surface area (Å²) in [5, 5.41) is 2.72. The topological polar surface area (TPSA) is 97.4 Å². The number of nitrogens with zero attached hydrogens (tertiary/aromatic N) is 2. The molecule has 4 rings (SSSR count). The molecule has 0 radical (unpaired) electrons. The van der Waals surface area contributed by atoms with Crippen LogP contribution in [-0.4, -0.2) is 76.0 Å². The third-order valence-corrected chi connectivity index (χ3v) is 7.86. The second kappa shape index (κ2) is 9.16. The van der Waals surface area contributed by atoms with Crippen molar-refractivity contribution in [1.29, 1.82) is 0 Å². The zero-order chi connectivity index (χ0) is 23.6. The van der Waals surface area contributed by atoms with E-state index in [4.69, 9.17) is 14.2 Å². The maximum Gasteiger partial charge on any atom is 0.321 e. The normalized spacial score (nSPS) is 23.5. The quantitative estimate of drug-likeness (QED) is 0.708. The fraction of sp³-hybridized carbons (Fsp3) is 0.409. The first-order valence-corrected chi connectivity index (χ1v) is 11.9. The van der Waals surface area contributed by atoms with Gasteiger partial charge in [0.05, 0.1) is 32.3 Å². The van der Waals surface area contributed by atoms with E-state index in [-0.39, 0.29) is 43.3 Å². The maximum absolute atomic E-state index is 15.6. The van der Waals surface area contributed by atoms with Gasteiger partial charge in [-0.05, 0) is 24.3 Å². The minimum Gasteiger partial charge on any atom is -0.493 e. The van der Waals surface area contributed by atoms with Crippen molar-refractivity contribution in [2.75, 3.05) is 45.8 Å². The number of hydrogen-bond donors (Lipinski definition) is 1. The summed E-state index contributed by atoms with van der Waals surface area (Å²) in [6.07, 6.45) is -1.73. The van der Waals surface area contributed by atoms with Gasteiger partial charge in [0.15, 0.2) is 23.4 Å². The highest BCUT2D eigenvalue weighted by Crippen LogP contribution is 2.41. The summed E-state index contributed by atoms with van der Waals surface area (Å²) in [5.41, 5.74) is -1.08. The third-order valence-electron chi connectivity index (χ3n) is 5.93. The number of halogens is 1. The van der Waals surface area contributed by atoms with E-state index in [1.807, 2.05) is 6.07 Å². The van der Waals surface area contributed by atoms with E-state index in [9.17, 15) is 13.2 Å². The molecule has 2 amide bonds. The lowest BCUT2D eigenvalue weighted by molar-refractivity contribution is -0.134. The number of benzene rings is 2. The molecule has 0 aromatic heterocycles. The Labute approximate surface area is 192 Å². The van der Waals surface area contributed by atoms with Gasteiger partial charge in [0, 0.05) is 31.3 Å². The molecule has 2 aromatic rings. The zero-order valence-electron chi connectivity index (χ0n) is 18.4. The number of para-hydroxylation sites is 1. The van der Waals surface area contributed by atoms with Crippen molar-refractivity contribution in [2.24, 2.45) is 0 Å². The Morgan fingerprint density at radius 3 is 2.52 bits per heavy atom. The molecule has 2 heterocycles. The summed E-state index contributed by atoms with van der Waals surface area (Å²) in [7, 11) is -1.26. The van der Waals surface area contributed by atoms with Crippen LogP contribution in [-0.2, 0) is 14.8 Å². The fourth-order valence-electron chi connectivity index (χ4n) is 4.23. The molecule has 2 aromatic carbocycles. The Hall–Kier alpha value is -2.89. The summed E-state index contributed by atoms with van der Waals surface area (Å²) >= 11 is 0. The van der Waals surface area contributed by atoms with Gasteiger partial charge in [-0.15, -0.1) is 0 Å². The molecule has 178 valence electrons. The van der Waals surface area contributed by atoms with Crippen LogP contribution in [0, 0.1) is 0 Å². The van der Waals surface area contributed by atoms with Crippen molar-refractivity contribution in [1.82, 2.24) is 9.21 Å². The molecule has 0 saturated carbocycles. The molecule has 1 spiro atoms. The lowest BCUT2D eigenvalue weighted by atomic mass is 9.99. The Morgan fingerprint density at radius 2 is 1.85 bits per heavy atom. The molecule has 11 heteroatoms. The molecule has 33 heavy (non-hydrogen) atoms. The molecule has 2 aliphatic heterocycles. The number of alkyl halides is 1. The van der Waals surface area contributed by atoms with Gasteiger partial charge >= 0.3 is 6.03 Å². The van der Waals surface area contributed by atoms with Crippen LogP contribution in [0.5, 0.6) is 11.5 Å². The minimum absolute atomic E-state index is 0.00287. The number of amides is 2. The van der Waals surface area contributed by atoms with Crippen molar-refractivity contribution in [3.63, 3.8) is 0 Å². The molecule has 0 unspecified atom stereocenters. The highest BCUT2D eigenvalue weighted by molar-refractivity contribution is 7.89. The monoisotopic (exact) mass is 479 g/mol. The van der Waals surface area contributed by atoms with Crippen LogP contribution in [0.1, 0.15) is 6.42 Å². The first-order valence-electron chi connectivity index (χ1n) is 10.5. The average molecular weight is 480 g/mol. The number of ether oxygens (including phenoxy) is 3. The predicted molar refractivity (Wildman–Crippen MR) is 119 cm³/mol. The fourth-order valence-corrected chi connectivity index (χ4v) is 5.96. The van der Waals surface area contributed by atoms with Crippen molar-refractivity contribution >= 4 is 21.7 Å². The Morgan fingerprint density at radius 1 is 1.12 bits per heavy atom. The number of likely N-dealkylation sites (tertiary alicyclic amines) is 1. The van der Waals surface area contributed by atoms with Gasteiger partial charge < -0.3 is 24.4 Å². The highest BCUT2D eigenvalue weighted by atomic mass is 32.2. The number of methoxy groups -OCH3 is 2. The summed E-state index contributed by atoms with van der Waals surface area (Å²) in [6.45, 7) is -0.0931. The standard InChI is InChI=1S/C22H26FN3O6S/c1-30-18-9-8-17(14-19(18)31-2)33(28,29)26-12-13-32-22(26)10-11-25(15-20(22)23)21(27)24-16-6-4-3-5-7-16/h3-9,14,20H,10-13,15H2,1-2H3,(H,24,27)/t20-,22-/m0/s1. The third kappa shape index (κ3) is 4.23. The zero-order valence-corrected chi connectivity index (χ0v) is 19.2. The summed E-state index contributed by atoms with van der Waals surface area (Å²) in [5.74, 6) is 0.627.